The fourth-order valence-electron chi connectivity index (χ4n) is 2.53. The van der Waals surface area contributed by atoms with Crippen LogP contribution in [0.1, 0.15) is 68.6 Å². The van der Waals surface area contributed by atoms with Crippen LogP contribution in [0.4, 0.5) is 0 Å². The molecule has 23 heavy (non-hydrogen) atoms. The van der Waals surface area contributed by atoms with Gasteiger partial charge in [0, 0.05) is 0 Å². The lowest BCUT2D eigenvalue weighted by molar-refractivity contribution is 0.0490. The molecule has 0 saturated heterocycles. The summed E-state index contributed by atoms with van der Waals surface area (Å²) >= 11 is 0. The fourth-order valence-corrected chi connectivity index (χ4v) is 2.53. The smallest absolute Gasteiger partial charge is 0.345 e. The van der Waals surface area contributed by atoms with E-state index < -0.39 is 0 Å². The lowest BCUT2D eigenvalue weighted by Gasteiger charge is -2.12. The maximum Gasteiger partial charge on any atom is 0.345 e. The minimum Gasteiger partial charge on any atom is -0.496 e. The van der Waals surface area contributed by atoms with E-state index in [-0.39, 0.29) is 5.97 Å². The molecule has 0 aromatic heterocycles. The third-order valence-corrected chi connectivity index (χ3v) is 3.86. The van der Waals surface area contributed by atoms with Crippen molar-refractivity contribution in [1.82, 2.24) is 0 Å². The van der Waals surface area contributed by atoms with Gasteiger partial charge in [-0.25, -0.2) is 4.79 Å². The highest BCUT2D eigenvalue weighted by molar-refractivity contribution is 5.95. The Kier molecular flexibility index (Phi) is 9.92. The van der Waals surface area contributed by atoms with E-state index >= 15 is 0 Å². The third-order valence-electron chi connectivity index (χ3n) is 3.86. The standard InChI is InChI=1S/C19H30O4/c1-4-5-6-7-8-9-10-11-15-23-19(20)18-16(21-2)13-12-14-17(18)22-3/h12-14H,4-11,15H2,1-3H3. The SMILES string of the molecule is CCCCCCCCCCOC(=O)c1c(OC)cccc1OC. The molecule has 1 aromatic rings. The molecule has 0 spiro atoms. The van der Waals surface area contributed by atoms with Gasteiger partial charge in [-0.1, -0.05) is 57.9 Å². The van der Waals surface area contributed by atoms with Gasteiger partial charge in [0.1, 0.15) is 17.1 Å². The first-order valence-electron chi connectivity index (χ1n) is 8.62. The predicted octanol–water partition coefficient (Wildman–Crippen LogP) is 5.00. The van der Waals surface area contributed by atoms with Crippen molar-refractivity contribution >= 4 is 5.97 Å². The van der Waals surface area contributed by atoms with Crippen LogP contribution < -0.4 is 9.47 Å². The number of ether oxygens (including phenoxy) is 3. The second kappa shape index (κ2) is 11.8. The summed E-state index contributed by atoms with van der Waals surface area (Å²) in [5.74, 6) is 0.567. The largest absolute Gasteiger partial charge is 0.496 e. The van der Waals surface area contributed by atoms with Gasteiger partial charge >= 0.3 is 5.97 Å². The van der Waals surface area contributed by atoms with Crippen LogP contribution in [-0.2, 0) is 4.74 Å². The molecule has 0 aliphatic rings. The highest BCUT2D eigenvalue weighted by Gasteiger charge is 2.19. The highest BCUT2D eigenvalue weighted by atomic mass is 16.5. The summed E-state index contributed by atoms with van der Waals surface area (Å²) in [6, 6.07) is 5.25. The predicted molar refractivity (Wildman–Crippen MR) is 92.4 cm³/mol. The van der Waals surface area contributed by atoms with Crippen LogP contribution in [0.15, 0.2) is 18.2 Å². The van der Waals surface area contributed by atoms with E-state index in [1.807, 2.05) is 0 Å². The maximum atomic E-state index is 12.2. The molecule has 4 heteroatoms. The number of unbranched alkanes of at least 4 members (excludes halogenated alkanes) is 7. The first-order chi connectivity index (χ1) is 11.2. The summed E-state index contributed by atoms with van der Waals surface area (Å²) in [5.41, 5.74) is 0.358. The Morgan fingerprint density at radius 3 is 1.91 bits per heavy atom. The minimum absolute atomic E-state index is 0.358. The molecular weight excluding hydrogens is 292 g/mol. The lowest BCUT2D eigenvalue weighted by atomic mass is 10.1. The van der Waals surface area contributed by atoms with E-state index in [1.165, 1.54) is 52.7 Å². The molecule has 0 N–H and O–H groups in total. The van der Waals surface area contributed by atoms with Crippen LogP contribution in [0, 0.1) is 0 Å². The van der Waals surface area contributed by atoms with Gasteiger partial charge in [-0.05, 0) is 18.6 Å². The fraction of sp³-hybridized carbons (Fsp3) is 0.632. The molecule has 0 amide bonds. The Labute approximate surface area is 140 Å². The summed E-state index contributed by atoms with van der Waals surface area (Å²) in [6.07, 6.45) is 9.73. The van der Waals surface area contributed by atoms with Crippen LogP contribution in [0.2, 0.25) is 0 Å². The number of methoxy groups -OCH3 is 2. The van der Waals surface area contributed by atoms with Crippen LogP contribution in [0.5, 0.6) is 11.5 Å². The second-order valence-corrected chi connectivity index (χ2v) is 5.65. The molecule has 1 rings (SSSR count). The number of hydrogen-bond acceptors (Lipinski definition) is 4. The molecule has 0 fully saturated rings. The van der Waals surface area contributed by atoms with Crippen molar-refractivity contribution in [3.05, 3.63) is 23.8 Å². The molecule has 0 heterocycles. The van der Waals surface area contributed by atoms with Crippen molar-refractivity contribution in [3.8, 4) is 11.5 Å². The van der Waals surface area contributed by atoms with Gasteiger partial charge < -0.3 is 14.2 Å². The molecule has 0 atom stereocenters. The van der Waals surface area contributed by atoms with Gasteiger partial charge in [0.15, 0.2) is 0 Å². The van der Waals surface area contributed by atoms with Crippen LogP contribution in [-0.4, -0.2) is 26.8 Å². The van der Waals surface area contributed by atoms with Crippen molar-refractivity contribution in [1.29, 1.82) is 0 Å². The zero-order valence-corrected chi connectivity index (χ0v) is 14.7. The van der Waals surface area contributed by atoms with E-state index in [9.17, 15) is 4.79 Å². The number of benzene rings is 1. The molecule has 0 aliphatic carbocycles. The van der Waals surface area contributed by atoms with E-state index in [0.717, 1.165) is 12.8 Å². The monoisotopic (exact) mass is 322 g/mol. The average Bonchev–Trinajstić information content (AvgIpc) is 2.59. The quantitative estimate of drug-likeness (QED) is 0.401. The van der Waals surface area contributed by atoms with Crippen molar-refractivity contribution in [3.63, 3.8) is 0 Å². The molecule has 0 bridgehead atoms. The number of esters is 1. The van der Waals surface area contributed by atoms with E-state index in [4.69, 9.17) is 14.2 Å². The highest BCUT2D eigenvalue weighted by Crippen LogP contribution is 2.28. The van der Waals surface area contributed by atoms with Crippen LogP contribution in [0.25, 0.3) is 0 Å². The summed E-state index contributed by atoms with van der Waals surface area (Å²) in [7, 11) is 3.06. The van der Waals surface area contributed by atoms with Gasteiger partial charge in [-0.3, -0.25) is 0 Å². The van der Waals surface area contributed by atoms with Gasteiger partial charge in [-0.15, -0.1) is 0 Å². The number of hydrogen-bond donors (Lipinski definition) is 0. The molecule has 4 nitrogen and oxygen atoms in total. The van der Waals surface area contributed by atoms with Crippen LogP contribution >= 0.6 is 0 Å². The molecule has 130 valence electrons. The lowest BCUT2D eigenvalue weighted by Crippen LogP contribution is -2.10. The Morgan fingerprint density at radius 1 is 0.870 bits per heavy atom. The van der Waals surface area contributed by atoms with E-state index in [2.05, 4.69) is 6.92 Å². The first-order valence-corrected chi connectivity index (χ1v) is 8.62. The second-order valence-electron chi connectivity index (χ2n) is 5.65. The van der Waals surface area contributed by atoms with E-state index in [1.54, 1.807) is 18.2 Å². The molecule has 0 unspecified atom stereocenters. The molecular formula is C19H30O4. The van der Waals surface area contributed by atoms with Crippen molar-refractivity contribution in [2.45, 2.75) is 58.3 Å². The molecule has 1 aromatic carbocycles. The van der Waals surface area contributed by atoms with E-state index in [0.29, 0.717) is 23.7 Å². The average molecular weight is 322 g/mol. The van der Waals surface area contributed by atoms with Gasteiger partial charge in [0.05, 0.1) is 20.8 Å². The first kappa shape index (κ1) is 19.3. The summed E-state index contributed by atoms with van der Waals surface area (Å²) in [5, 5.41) is 0. The molecule has 0 aliphatic heterocycles. The Balaban J connectivity index is 2.29. The zero-order chi connectivity index (χ0) is 16.9. The van der Waals surface area contributed by atoms with Crippen molar-refractivity contribution in [2.24, 2.45) is 0 Å². The summed E-state index contributed by atoms with van der Waals surface area (Å²) in [4.78, 5) is 12.2. The van der Waals surface area contributed by atoms with Crippen LogP contribution in [0.3, 0.4) is 0 Å². The molecule has 0 saturated carbocycles. The normalized spacial score (nSPS) is 10.4. The number of rotatable bonds is 12. The summed E-state index contributed by atoms with van der Waals surface area (Å²) in [6.45, 7) is 2.67. The van der Waals surface area contributed by atoms with Gasteiger partial charge in [0.2, 0.25) is 0 Å². The minimum atomic E-state index is -0.387. The molecule has 0 radical (unpaired) electrons. The number of carbonyl (C=O) groups excluding carboxylic acids is 1. The topological polar surface area (TPSA) is 44.8 Å². The Morgan fingerprint density at radius 2 is 1.39 bits per heavy atom. The van der Waals surface area contributed by atoms with Gasteiger partial charge in [-0.2, -0.15) is 0 Å². The van der Waals surface area contributed by atoms with Crippen molar-refractivity contribution in [2.75, 3.05) is 20.8 Å². The van der Waals surface area contributed by atoms with Crippen molar-refractivity contribution < 1.29 is 19.0 Å². The Bertz CT molecular complexity index is 434. The van der Waals surface area contributed by atoms with Gasteiger partial charge in [0.25, 0.3) is 0 Å². The third kappa shape index (κ3) is 6.93. The number of carbonyl (C=O) groups is 1. The zero-order valence-electron chi connectivity index (χ0n) is 14.7. The summed E-state index contributed by atoms with van der Waals surface area (Å²) < 4.78 is 15.8. The Hall–Kier alpha value is -1.71. The maximum absolute atomic E-state index is 12.2.